The highest BCUT2D eigenvalue weighted by Crippen LogP contribution is 2.22. The number of carbonyl (C=O) groups is 1. The van der Waals surface area contributed by atoms with Gasteiger partial charge in [0.15, 0.2) is 5.78 Å². The zero-order valence-corrected chi connectivity index (χ0v) is 15.4. The summed E-state index contributed by atoms with van der Waals surface area (Å²) >= 11 is 5.32. The van der Waals surface area contributed by atoms with E-state index >= 15 is 0 Å². The Labute approximate surface area is 163 Å². The van der Waals surface area contributed by atoms with Crippen LogP contribution in [0.15, 0.2) is 95.0 Å². The van der Waals surface area contributed by atoms with Gasteiger partial charge < -0.3 is 5.11 Å². The molecule has 2 aromatic rings. The van der Waals surface area contributed by atoms with Gasteiger partial charge in [0, 0.05) is 29.7 Å². The number of Topliss-reactive ketones (excluding diaryl/α,β-unsaturated/α-hetero) is 1. The minimum absolute atomic E-state index is 0.0607. The molecule has 0 fully saturated rings. The molecular formula is C22H18N2O2S. The van der Waals surface area contributed by atoms with Crippen LogP contribution < -0.4 is 0 Å². The lowest BCUT2D eigenvalue weighted by Crippen LogP contribution is -2.11. The molecule has 1 heterocycles. The number of hydrogen-bond acceptors (Lipinski definition) is 4. The Morgan fingerprint density at radius 1 is 1.11 bits per heavy atom. The standard InChI is InChI=1S/C22H18N2O2S/c25-20(16-7-3-1-4-8-16)19(21(26)17-9-5-2-6-10-17)15-24-22(27)18-11-13-23-14-12-18/h1-5,7-9,11-15,26H,6,10H2/b21-19+,24-15?. The third-order valence-corrected chi connectivity index (χ3v) is 4.43. The number of ketones is 1. The fraction of sp³-hybridized carbons (Fsp3) is 0.0909. The van der Waals surface area contributed by atoms with Crippen LogP contribution in [-0.4, -0.2) is 27.1 Å². The summed E-state index contributed by atoms with van der Waals surface area (Å²) in [7, 11) is 0. The normalized spacial score (nSPS) is 14.6. The molecule has 3 rings (SSSR count). The topological polar surface area (TPSA) is 62.5 Å². The maximum atomic E-state index is 13.0. The number of pyridine rings is 1. The highest BCUT2D eigenvalue weighted by molar-refractivity contribution is 7.80. The predicted molar refractivity (Wildman–Crippen MR) is 111 cm³/mol. The molecule has 1 aromatic heterocycles. The number of aromatic nitrogens is 1. The summed E-state index contributed by atoms with van der Waals surface area (Å²) in [6.07, 6.45) is 11.8. The third kappa shape index (κ3) is 4.71. The first-order chi connectivity index (χ1) is 13.2. The van der Waals surface area contributed by atoms with Gasteiger partial charge in [0.05, 0.1) is 5.57 Å². The summed E-state index contributed by atoms with van der Waals surface area (Å²) in [5.41, 5.74) is 2.03. The average Bonchev–Trinajstić information content (AvgIpc) is 2.75. The maximum Gasteiger partial charge on any atom is 0.198 e. The van der Waals surface area contributed by atoms with E-state index < -0.39 is 0 Å². The van der Waals surface area contributed by atoms with Crippen LogP contribution in [0.2, 0.25) is 0 Å². The van der Waals surface area contributed by atoms with Gasteiger partial charge in [-0.3, -0.25) is 9.78 Å². The monoisotopic (exact) mass is 374 g/mol. The smallest absolute Gasteiger partial charge is 0.198 e. The molecule has 1 aromatic carbocycles. The second-order valence-electron chi connectivity index (χ2n) is 5.92. The van der Waals surface area contributed by atoms with E-state index in [0.29, 0.717) is 22.5 Å². The Balaban J connectivity index is 1.98. The zero-order chi connectivity index (χ0) is 19.1. The van der Waals surface area contributed by atoms with Crippen molar-refractivity contribution < 1.29 is 9.90 Å². The number of carbonyl (C=O) groups excluding carboxylic acids is 1. The first-order valence-electron chi connectivity index (χ1n) is 8.54. The number of thiocarbonyl (C=S) groups is 1. The van der Waals surface area contributed by atoms with E-state index in [-0.39, 0.29) is 17.1 Å². The van der Waals surface area contributed by atoms with Crippen molar-refractivity contribution >= 4 is 29.2 Å². The minimum Gasteiger partial charge on any atom is -0.507 e. The molecule has 1 aliphatic rings. The molecular weight excluding hydrogens is 356 g/mol. The molecule has 134 valence electrons. The Morgan fingerprint density at radius 3 is 2.52 bits per heavy atom. The van der Waals surface area contributed by atoms with Gasteiger partial charge in [0.1, 0.15) is 10.7 Å². The predicted octanol–water partition coefficient (Wildman–Crippen LogP) is 4.80. The summed E-state index contributed by atoms with van der Waals surface area (Å²) in [4.78, 5) is 21.5. The quantitative estimate of drug-likeness (QED) is 0.268. The Morgan fingerprint density at radius 2 is 1.85 bits per heavy atom. The van der Waals surface area contributed by atoms with Gasteiger partial charge in [-0.25, -0.2) is 4.99 Å². The van der Waals surface area contributed by atoms with Gasteiger partial charge in [-0.05, 0) is 30.5 Å². The molecule has 0 aliphatic heterocycles. The van der Waals surface area contributed by atoms with Crippen LogP contribution in [-0.2, 0) is 0 Å². The van der Waals surface area contributed by atoms with Crippen LogP contribution >= 0.6 is 12.2 Å². The molecule has 4 nitrogen and oxygen atoms in total. The summed E-state index contributed by atoms with van der Waals surface area (Å²) < 4.78 is 0. The molecule has 27 heavy (non-hydrogen) atoms. The second-order valence-corrected chi connectivity index (χ2v) is 6.30. The van der Waals surface area contributed by atoms with Gasteiger partial charge >= 0.3 is 0 Å². The van der Waals surface area contributed by atoms with Crippen molar-refractivity contribution in [1.29, 1.82) is 0 Å². The minimum atomic E-state index is -0.301. The summed E-state index contributed by atoms with van der Waals surface area (Å²) in [5.74, 6) is -0.362. The number of aliphatic hydroxyl groups is 1. The summed E-state index contributed by atoms with van der Waals surface area (Å²) in [5, 5.41) is 10.8. The molecule has 0 radical (unpaired) electrons. The molecule has 0 atom stereocenters. The van der Waals surface area contributed by atoms with Crippen LogP contribution in [0.25, 0.3) is 0 Å². The first-order valence-corrected chi connectivity index (χ1v) is 8.95. The van der Waals surface area contributed by atoms with E-state index in [9.17, 15) is 9.90 Å². The number of benzene rings is 1. The van der Waals surface area contributed by atoms with E-state index in [4.69, 9.17) is 12.2 Å². The molecule has 1 N–H and O–H groups in total. The number of nitrogens with zero attached hydrogens (tertiary/aromatic N) is 2. The largest absolute Gasteiger partial charge is 0.507 e. The van der Waals surface area contributed by atoms with Gasteiger partial charge in [0.25, 0.3) is 0 Å². The molecule has 0 unspecified atom stereocenters. The fourth-order valence-electron chi connectivity index (χ4n) is 2.64. The number of aliphatic hydroxyl groups excluding tert-OH is 1. The van der Waals surface area contributed by atoms with Crippen molar-refractivity contribution in [3.05, 3.63) is 101 Å². The summed E-state index contributed by atoms with van der Waals surface area (Å²) in [6, 6.07) is 12.3. The maximum absolute atomic E-state index is 13.0. The molecule has 0 saturated heterocycles. The van der Waals surface area contributed by atoms with Crippen LogP contribution in [0.3, 0.4) is 0 Å². The Kier molecular flexibility index (Phi) is 6.18. The van der Waals surface area contributed by atoms with Gasteiger partial charge in [-0.15, -0.1) is 0 Å². The number of aliphatic imine (C=N–C) groups is 1. The fourth-order valence-corrected chi connectivity index (χ4v) is 2.83. The SMILES string of the molecule is O=C(/C(C=NC(=S)c1ccncc1)=C(/O)C1=CC=CCC1)c1ccccc1. The van der Waals surface area contributed by atoms with Crippen molar-refractivity contribution in [3.8, 4) is 0 Å². The van der Waals surface area contributed by atoms with Crippen molar-refractivity contribution in [2.45, 2.75) is 12.8 Å². The average molecular weight is 374 g/mol. The van der Waals surface area contributed by atoms with Crippen LogP contribution in [0.1, 0.15) is 28.8 Å². The summed E-state index contributed by atoms with van der Waals surface area (Å²) in [6.45, 7) is 0. The van der Waals surface area contributed by atoms with Crippen LogP contribution in [0.5, 0.6) is 0 Å². The lowest BCUT2D eigenvalue weighted by molar-refractivity contribution is 0.103. The van der Waals surface area contributed by atoms with E-state index in [1.165, 1.54) is 6.21 Å². The molecule has 5 heteroatoms. The van der Waals surface area contributed by atoms with Gasteiger partial charge in [-0.2, -0.15) is 0 Å². The van der Waals surface area contributed by atoms with E-state index in [2.05, 4.69) is 9.98 Å². The highest BCUT2D eigenvalue weighted by Gasteiger charge is 2.18. The van der Waals surface area contributed by atoms with E-state index in [1.54, 1.807) is 48.8 Å². The van der Waals surface area contributed by atoms with E-state index in [1.807, 2.05) is 24.3 Å². The molecule has 0 amide bonds. The zero-order valence-electron chi connectivity index (χ0n) is 14.6. The van der Waals surface area contributed by atoms with E-state index in [0.717, 1.165) is 12.0 Å². The number of allylic oxidation sites excluding steroid dienone is 5. The second kappa shape index (κ2) is 8.96. The lowest BCUT2D eigenvalue weighted by Gasteiger charge is -2.11. The highest BCUT2D eigenvalue weighted by atomic mass is 32.1. The van der Waals surface area contributed by atoms with Crippen molar-refractivity contribution in [2.75, 3.05) is 0 Å². The van der Waals surface area contributed by atoms with Gasteiger partial charge in [0.2, 0.25) is 0 Å². The number of hydrogen-bond donors (Lipinski definition) is 1. The van der Waals surface area contributed by atoms with Crippen molar-refractivity contribution in [1.82, 2.24) is 4.98 Å². The molecule has 0 spiro atoms. The number of rotatable bonds is 5. The van der Waals surface area contributed by atoms with Gasteiger partial charge in [-0.1, -0.05) is 60.8 Å². The molecule has 1 aliphatic carbocycles. The molecule has 0 saturated carbocycles. The molecule has 0 bridgehead atoms. The van der Waals surface area contributed by atoms with Crippen molar-refractivity contribution in [2.24, 2.45) is 4.99 Å². The Hall–Kier alpha value is -3.18. The van der Waals surface area contributed by atoms with Crippen LogP contribution in [0.4, 0.5) is 0 Å². The lowest BCUT2D eigenvalue weighted by atomic mass is 9.96. The first kappa shape index (κ1) is 18.6. The third-order valence-electron chi connectivity index (χ3n) is 4.09. The van der Waals surface area contributed by atoms with Crippen molar-refractivity contribution in [3.63, 3.8) is 0 Å². The van der Waals surface area contributed by atoms with Crippen LogP contribution in [0, 0.1) is 0 Å². The Bertz CT molecular complexity index is 958.